The number of benzene rings is 2. The quantitative estimate of drug-likeness (QED) is 0.291. The summed E-state index contributed by atoms with van der Waals surface area (Å²) in [5, 5.41) is 4.65. The molecule has 1 unspecified atom stereocenters. The van der Waals surface area contributed by atoms with Gasteiger partial charge in [0, 0.05) is 29.7 Å². The van der Waals surface area contributed by atoms with Crippen LogP contribution in [0.5, 0.6) is 0 Å². The van der Waals surface area contributed by atoms with Gasteiger partial charge >= 0.3 is 0 Å². The van der Waals surface area contributed by atoms with Crippen LogP contribution in [0.2, 0.25) is 0 Å². The second-order valence-corrected chi connectivity index (χ2v) is 9.86. The molecule has 0 fully saturated rings. The van der Waals surface area contributed by atoms with E-state index in [0.29, 0.717) is 22.6 Å². The number of nitrogens with zero attached hydrogens (tertiary/aromatic N) is 4. The fourth-order valence-electron chi connectivity index (χ4n) is 5.26. The third-order valence-corrected chi connectivity index (χ3v) is 7.26. The van der Waals surface area contributed by atoms with Crippen LogP contribution in [0, 0.1) is 5.82 Å². The number of aromatic amines is 1. The van der Waals surface area contributed by atoms with Crippen molar-refractivity contribution in [3.8, 4) is 11.3 Å². The Kier molecular flexibility index (Phi) is 5.81. The predicted molar refractivity (Wildman–Crippen MR) is 152 cm³/mol. The number of aryl methyl sites for hydroxylation is 2. The highest BCUT2D eigenvalue weighted by Crippen LogP contribution is 2.32. The van der Waals surface area contributed by atoms with E-state index >= 15 is 0 Å². The van der Waals surface area contributed by atoms with Gasteiger partial charge in [-0.25, -0.2) is 9.37 Å². The summed E-state index contributed by atoms with van der Waals surface area (Å²) in [5.74, 6) is 0.354. The zero-order chi connectivity index (χ0) is 26.2. The van der Waals surface area contributed by atoms with E-state index < -0.39 is 0 Å². The molecule has 1 aliphatic carbocycles. The predicted octanol–water partition coefficient (Wildman–Crippen LogP) is 6.03. The number of allylic oxidation sites excluding steroid dienone is 2. The van der Waals surface area contributed by atoms with Gasteiger partial charge in [0.15, 0.2) is 5.82 Å². The van der Waals surface area contributed by atoms with Crippen LogP contribution in [0.25, 0.3) is 27.9 Å². The topological polar surface area (TPSA) is 78.9 Å². The van der Waals surface area contributed by atoms with Crippen molar-refractivity contribution in [3.63, 3.8) is 0 Å². The number of halogens is 1. The van der Waals surface area contributed by atoms with Crippen LogP contribution in [-0.4, -0.2) is 31.7 Å². The van der Waals surface area contributed by atoms with Gasteiger partial charge in [-0.1, -0.05) is 48.5 Å². The summed E-state index contributed by atoms with van der Waals surface area (Å²) in [6.07, 6.45) is 12.7. The molecule has 2 aromatic carbocycles. The summed E-state index contributed by atoms with van der Waals surface area (Å²) < 4.78 is 13.9. The number of imidazole rings is 1. The Morgan fingerprint density at radius 2 is 1.79 bits per heavy atom. The van der Waals surface area contributed by atoms with Crippen molar-refractivity contribution >= 4 is 22.3 Å². The summed E-state index contributed by atoms with van der Waals surface area (Å²) in [6.45, 7) is 0. The molecule has 5 aromatic rings. The average Bonchev–Trinajstić information content (AvgIpc) is 3.60. The van der Waals surface area contributed by atoms with Crippen molar-refractivity contribution in [2.75, 3.05) is 0 Å². The molecule has 2 N–H and O–H groups in total. The second kappa shape index (κ2) is 9.76. The summed E-state index contributed by atoms with van der Waals surface area (Å²) in [4.78, 5) is 17.3. The van der Waals surface area contributed by atoms with Crippen LogP contribution in [0.4, 0.5) is 4.39 Å². The number of hydrazone groups is 1. The highest BCUT2D eigenvalue weighted by molar-refractivity contribution is 6.15. The minimum absolute atomic E-state index is 0.0898. The molecule has 0 saturated carbocycles. The van der Waals surface area contributed by atoms with Crippen molar-refractivity contribution < 1.29 is 4.39 Å². The first kappa shape index (κ1) is 23.2. The molecule has 4 heterocycles. The van der Waals surface area contributed by atoms with Crippen LogP contribution in [0.3, 0.4) is 0 Å². The molecule has 6 nitrogen and oxygen atoms in total. The third kappa shape index (κ3) is 4.52. The number of rotatable bonds is 6. The zero-order valence-corrected chi connectivity index (χ0v) is 21.1. The van der Waals surface area contributed by atoms with E-state index in [1.54, 1.807) is 12.3 Å². The van der Waals surface area contributed by atoms with Gasteiger partial charge < -0.3 is 10.4 Å². The molecular formula is C32H25FN6. The zero-order valence-electron chi connectivity index (χ0n) is 21.1. The molecule has 7 heteroatoms. The number of H-pyrrole nitrogens is 1. The lowest BCUT2D eigenvalue weighted by molar-refractivity contribution is 0.628. The summed E-state index contributed by atoms with van der Waals surface area (Å²) in [7, 11) is 0. The minimum Gasteiger partial charge on any atom is -0.336 e. The van der Waals surface area contributed by atoms with Crippen LogP contribution >= 0.6 is 0 Å². The van der Waals surface area contributed by atoms with Gasteiger partial charge in [-0.15, -0.1) is 0 Å². The SMILES string of the molecule is Fc1cccc(-c2nccc3[nH]c(C4=NNC5CC=C(c6cncc(CCc7ccccc7)c6)C=C45)nc23)c1. The third-order valence-electron chi connectivity index (χ3n) is 7.26. The largest absolute Gasteiger partial charge is 0.336 e. The monoisotopic (exact) mass is 512 g/mol. The average molecular weight is 513 g/mol. The van der Waals surface area contributed by atoms with Crippen LogP contribution < -0.4 is 5.43 Å². The second-order valence-electron chi connectivity index (χ2n) is 9.86. The molecule has 1 aliphatic heterocycles. The van der Waals surface area contributed by atoms with Crippen LogP contribution in [0.1, 0.15) is 28.9 Å². The first-order valence-corrected chi connectivity index (χ1v) is 13.1. The van der Waals surface area contributed by atoms with Gasteiger partial charge in [0.2, 0.25) is 0 Å². The highest BCUT2D eigenvalue weighted by Gasteiger charge is 2.30. The summed E-state index contributed by atoms with van der Waals surface area (Å²) in [5.41, 5.74) is 12.7. The molecule has 0 amide bonds. The lowest BCUT2D eigenvalue weighted by atomic mass is 9.89. The smallest absolute Gasteiger partial charge is 0.159 e. The van der Waals surface area contributed by atoms with Crippen LogP contribution in [0.15, 0.2) is 108 Å². The number of fused-ring (bicyclic) bond motifs is 2. The number of pyridine rings is 2. The Labute approximate surface area is 225 Å². The molecule has 39 heavy (non-hydrogen) atoms. The Bertz CT molecular complexity index is 1780. The number of hydrogen-bond donors (Lipinski definition) is 2. The lowest BCUT2D eigenvalue weighted by Crippen LogP contribution is -2.23. The van der Waals surface area contributed by atoms with Crippen molar-refractivity contribution in [1.82, 2.24) is 25.4 Å². The molecule has 1 atom stereocenters. The first-order valence-electron chi connectivity index (χ1n) is 13.1. The summed E-state index contributed by atoms with van der Waals surface area (Å²) >= 11 is 0. The summed E-state index contributed by atoms with van der Waals surface area (Å²) in [6, 6.07) is 21.1. The maximum absolute atomic E-state index is 13.9. The first-order chi connectivity index (χ1) is 19.2. The van der Waals surface area contributed by atoms with Gasteiger partial charge in [0.25, 0.3) is 0 Å². The highest BCUT2D eigenvalue weighted by atomic mass is 19.1. The Hall–Kier alpha value is -4.91. The van der Waals surface area contributed by atoms with Gasteiger partial charge in [0.05, 0.1) is 17.3 Å². The molecule has 0 radical (unpaired) electrons. The van der Waals surface area contributed by atoms with E-state index in [1.165, 1.54) is 23.3 Å². The Morgan fingerprint density at radius 3 is 2.69 bits per heavy atom. The fraction of sp³-hybridized carbons (Fsp3) is 0.125. The molecule has 2 aliphatic rings. The van der Waals surface area contributed by atoms with Crippen LogP contribution in [-0.2, 0) is 12.8 Å². The normalized spacial score (nSPS) is 16.3. The Balaban J connectivity index is 1.18. The standard InChI is InChI=1S/C32H25FN6/c33-25-8-4-7-23(16-25)29-31-28(13-14-35-29)36-32(37-31)30-26-17-22(11-12-27(26)38-39-30)24-15-21(18-34-19-24)10-9-20-5-2-1-3-6-20/h1-8,11,13-19,27,38H,9-10,12H2,(H,36,37). The minimum atomic E-state index is -0.306. The molecule has 0 bridgehead atoms. The molecular weight excluding hydrogens is 487 g/mol. The van der Waals surface area contributed by atoms with Crippen molar-refractivity contribution in [2.24, 2.45) is 5.10 Å². The van der Waals surface area contributed by atoms with Crippen molar-refractivity contribution in [1.29, 1.82) is 0 Å². The van der Waals surface area contributed by atoms with E-state index in [0.717, 1.165) is 47.2 Å². The molecule has 3 aromatic heterocycles. The van der Waals surface area contributed by atoms with E-state index in [-0.39, 0.29) is 11.9 Å². The lowest BCUT2D eigenvalue weighted by Gasteiger charge is -2.18. The van der Waals surface area contributed by atoms with Gasteiger partial charge in [-0.2, -0.15) is 5.10 Å². The fourth-order valence-corrected chi connectivity index (χ4v) is 5.26. The van der Waals surface area contributed by atoms with Gasteiger partial charge in [-0.05, 0) is 71.9 Å². The van der Waals surface area contributed by atoms with Crippen molar-refractivity contribution in [2.45, 2.75) is 25.3 Å². The van der Waals surface area contributed by atoms with E-state index in [2.05, 4.69) is 68.0 Å². The van der Waals surface area contributed by atoms with Gasteiger partial charge in [-0.3, -0.25) is 9.97 Å². The number of nitrogens with one attached hydrogen (secondary N) is 2. The van der Waals surface area contributed by atoms with E-state index in [9.17, 15) is 4.39 Å². The number of hydrogen-bond acceptors (Lipinski definition) is 5. The molecule has 0 saturated heterocycles. The van der Waals surface area contributed by atoms with E-state index in [4.69, 9.17) is 4.98 Å². The number of aromatic nitrogens is 4. The van der Waals surface area contributed by atoms with Crippen molar-refractivity contribution in [3.05, 3.63) is 131 Å². The molecule has 0 spiro atoms. The maximum atomic E-state index is 13.9. The molecule has 190 valence electrons. The maximum Gasteiger partial charge on any atom is 0.159 e. The van der Waals surface area contributed by atoms with E-state index in [1.807, 2.05) is 30.6 Å². The Morgan fingerprint density at radius 1 is 0.897 bits per heavy atom. The molecule has 7 rings (SSSR count). The van der Waals surface area contributed by atoms with Gasteiger partial charge in [0.1, 0.15) is 17.0 Å².